The van der Waals surface area contributed by atoms with Crippen LogP contribution >= 0.6 is 11.3 Å². The third-order valence-electron chi connectivity index (χ3n) is 4.90. The van der Waals surface area contributed by atoms with E-state index in [1.54, 1.807) is 11.3 Å². The molecule has 3 rings (SSSR count). The van der Waals surface area contributed by atoms with E-state index in [1.165, 1.54) is 16.1 Å². The number of nitrogens with zero attached hydrogens (tertiary/aromatic N) is 2. The van der Waals surface area contributed by atoms with Crippen molar-refractivity contribution in [3.05, 3.63) is 45.1 Å². The number of anilines is 2. The third kappa shape index (κ3) is 4.05. The predicted octanol–water partition coefficient (Wildman–Crippen LogP) is 4.07. The van der Waals surface area contributed by atoms with Crippen LogP contribution in [0.2, 0.25) is 0 Å². The van der Waals surface area contributed by atoms with Gasteiger partial charge in [-0.15, -0.1) is 11.3 Å². The smallest absolute Gasteiger partial charge is 0.256 e. The molecule has 0 unspecified atom stereocenters. The van der Waals surface area contributed by atoms with Crippen LogP contribution in [0, 0.1) is 20.8 Å². The van der Waals surface area contributed by atoms with Gasteiger partial charge < -0.3 is 15.1 Å². The number of hydrogen-bond acceptors (Lipinski definition) is 4. The Labute approximate surface area is 154 Å². The third-order valence-corrected chi connectivity index (χ3v) is 5.87. The highest BCUT2D eigenvalue weighted by atomic mass is 32.1. The number of amides is 1. The molecule has 1 aromatic carbocycles. The molecule has 1 amide bonds. The Balaban J connectivity index is 1.70. The molecule has 1 saturated heterocycles. The van der Waals surface area contributed by atoms with Gasteiger partial charge in [-0.1, -0.05) is 6.92 Å². The number of rotatable bonds is 4. The number of aryl methyl sites for hydroxylation is 3. The Morgan fingerprint density at radius 2 is 1.84 bits per heavy atom. The van der Waals surface area contributed by atoms with Gasteiger partial charge in [-0.25, -0.2) is 0 Å². The molecule has 4 nitrogen and oxygen atoms in total. The summed E-state index contributed by atoms with van der Waals surface area (Å²) >= 11 is 1.66. The first-order valence-corrected chi connectivity index (χ1v) is 9.76. The standard InChI is InChI=1S/C20H27N3OS/c1-5-22-8-10-23(11-9-22)19-7-6-17(12-14(19)2)21-20(24)18-13-15(3)25-16(18)4/h6-7,12-13H,5,8-11H2,1-4H3,(H,21,24). The van der Waals surface area contributed by atoms with Crippen molar-refractivity contribution in [1.29, 1.82) is 0 Å². The van der Waals surface area contributed by atoms with Gasteiger partial charge in [0.15, 0.2) is 0 Å². The van der Waals surface area contributed by atoms with Crippen molar-refractivity contribution >= 4 is 28.6 Å². The van der Waals surface area contributed by atoms with Crippen molar-refractivity contribution in [2.24, 2.45) is 0 Å². The number of benzene rings is 1. The average Bonchev–Trinajstić information content (AvgIpc) is 2.94. The normalized spacial score (nSPS) is 15.4. The summed E-state index contributed by atoms with van der Waals surface area (Å²) in [6.45, 7) is 13.9. The van der Waals surface area contributed by atoms with Gasteiger partial charge in [-0.2, -0.15) is 0 Å². The molecule has 0 radical (unpaired) electrons. The Morgan fingerprint density at radius 1 is 1.12 bits per heavy atom. The molecule has 2 heterocycles. The van der Waals surface area contributed by atoms with E-state index in [2.05, 4.69) is 41.1 Å². The number of nitrogens with one attached hydrogen (secondary N) is 1. The second kappa shape index (κ2) is 7.58. The summed E-state index contributed by atoms with van der Waals surface area (Å²) in [6, 6.07) is 8.19. The van der Waals surface area contributed by atoms with E-state index in [4.69, 9.17) is 0 Å². The van der Waals surface area contributed by atoms with E-state index in [-0.39, 0.29) is 5.91 Å². The van der Waals surface area contributed by atoms with Crippen molar-refractivity contribution < 1.29 is 4.79 Å². The van der Waals surface area contributed by atoms with Gasteiger partial charge in [0.1, 0.15) is 0 Å². The summed E-state index contributed by atoms with van der Waals surface area (Å²) in [5.41, 5.74) is 4.12. The number of hydrogen-bond donors (Lipinski definition) is 1. The molecular weight excluding hydrogens is 330 g/mol. The molecule has 0 aliphatic carbocycles. The molecule has 0 spiro atoms. The average molecular weight is 358 g/mol. The van der Waals surface area contributed by atoms with Crippen LogP contribution in [-0.2, 0) is 0 Å². The monoisotopic (exact) mass is 357 g/mol. The lowest BCUT2D eigenvalue weighted by Crippen LogP contribution is -2.46. The van der Waals surface area contributed by atoms with Crippen LogP contribution in [0.3, 0.4) is 0 Å². The van der Waals surface area contributed by atoms with E-state index in [0.717, 1.165) is 48.9 Å². The van der Waals surface area contributed by atoms with Gasteiger partial charge in [-0.3, -0.25) is 4.79 Å². The molecule has 134 valence electrons. The number of piperazine rings is 1. The molecule has 0 bridgehead atoms. The van der Waals surface area contributed by atoms with Crippen molar-refractivity contribution in [3.63, 3.8) is 0 Å². The molecule has 0 saturated carbocycles. The van der Waals surface area contributed by atoms with E-state index in [9.17, 15) is 4.79 Å². The Bertz CT molecular complexity index is 760. The van der Waals surface area contributed by atoms with Gasteiger partial charge in [0.05, 0.1) is 5.56 Å². The molecule has 1 N–H and O–H groups in total. The van der Waals surface area contributed by atoms with Crippen LogP contribution in [0.25, 0.3) is 0 Å². The molecule has 1 aromatic heterocycles. The van der Waals surface area contributed by atoms with Crippen LogP contribution in [0.1, 0.15) is 32.6 Å². The Kier molecular flexibility index (Phi) is 5.45. The largest absolute Gasteiger partial charge is 0.369 e. The Hall–Kier alpha value is -1.85. The maximum atomic E-state index is 12.5. The van der Waals surface area contributed by atoms with Crippen molar-refractivity contribution in [3.8, 4) is 0 Å². The van der Waals surface area contributed by atoms with E-state index >= 15 is 0 Å². The molecule has 5 heteroatoms. The molecule has 1 aliphatic heterocycles. The lowest BCUT2D eigenvalue weighted by Gasteiger charge is -2.36. The van der Waals surface area contributed by atoms with Gasteiger partial charge in [0, 0.05) is 47.3 Å². The number of likely N-dealkylation sites (N-methyl/N-ethyl adjacent to an activating group) is 1. The highest BCUT2D eigenvalue weighted by molar-refractivity contribution is 7.12. The zero-order chi connectivity index (χ0) is 18.0. The van der Waals surface area contributed by atoms with Crippen molar-refractivity contribution in [2.75, 3.05) is 42.9 Å². The van der Waals surface area contributed by atoms with Crippen molar-refractivity contribution in [1.82, 2.24) is 4.90 Å². The molecule has 1 fully saturated rings. The quantitative estimate of drug-likeness (QED) is 0.896. The summed E-state index contributed by atoms with van der Waals surface area (Å²) in [7, 11) is 0. The summed E-state index contributed by atoms with van der Waals surface area (Å²) in [4.78, 5) is 19.7. The molecule has 25 heavy (non-hydrogen) atoms. The SMILES string of the molecule is CCN1CCN(c2ccc(NC(=O)c3cc(C)sc3C)cc2C)CC1. The number of carbonyl (C=O) groups is 1. The summed E-state index contributed by atoms with van der Waals surface area (Å²) in [5, 5.41) is 3.04. The van der Waals surface area contributed by atoms with E-state index in [0.29, 0.717) is 0 Å². The fourth-order valence-corrected chi connectivity index (χ4v) is 4.37. The van der Waals surface area contributed by atoms with Gasteiger partial charge in [-0.05, 0) is 57.1 Å². The fourth-order valence-electron chi connectivity index (χ4n) is 3.45. The van der Waals surface area contributed by atoms with E-state index in [1.807, 2.05) is 26.0 Å². The van der Waals surface area contributed by atoms with Gasteiger partial charge in [0.25, 0.3) is 5.91 Å². The minimum atomic E-state index is -0.0226. The number of carbonyl (C=O) groups excluding carboxylic acids is 1. The lowest BCUT2D eigenvalue weighted by molar-refractivity contribution is 0.102. The van der Waals surface area contributed by atoms with E-state index < -0.39 is 0 Å². The minimum Gasteiger partial charge on any atom is -0.369 e. The first kappa shape index (κ1) is 18.0. The molecule has 1 aliphatic rings. The van der Waals surface area contributed by atoms with Gasteiger partial charge >= 0.3 is 0 Å². The second-order valence-corrected chi connectivity index (χ2v) is 8.16. The minimum absolute atomic E-state index is 0.0226. The maximum absolute atomic E-state index is 12.5. The maximum Gasteiger partial charge on any atom is 0.256 e. The van der Waals surface area contributed by atoms with Crippen LogP contribution in [0.5, 0.6) is 0 Å². The van der Waals surface area contributed by atoms with Crippen LogP contribution < -0.4 is 10.2 Å². The number of thiophene rings is 1. The topological polar surface area (TPSA) is 35.6 Å². The molecule has 0 atom stereocenters. The van der Waals surface area contributed by atoms with Crippen LogP contribution in [0.15, 0.2) is 24.3 Å². The predicted molar refractivity (Wildman–Crippen MR) is 107 cm³/mol. The van der Waals surface area contributed by atoms with Crippen LogP contribution in [0.4, 0.5) is 11.4 Å². The summed E-state index contributed by atoms with van der Waals surface area (Å²) < 4.78 is 0. The fraction of sp³-hybridized carbons (Fsp3) is 0.450. The zero-order valence-corrected chi connectivity index (χ0v) is 16.4. The zero-order valence-electron chi connectivity index (χ0n) is 15.6. The highest BCUT2D eigenvalue weighted by Crippen LogP contribution is 2.26. The lowest BCUT2D eigenvalue weighted by atomic mass is 10.1. The summed E-state index contributed by atoms with van der Waals surface area (Å²) in [6.07, 6.45) is 0. The second-order valence-electron chi connectivity index (χ2n) is 6.70. The van der Waals surface area contributed by atoms with Crippen molar-refractivity contribution in [2.45, 2.75) is 27.7 Å². The molecule has 2 aromatic rings. The highest BCUT2D eigenvalue weighted by Gasteiger charge is 2.18. The van der Waals surface area contributed by atoms with Gasteiger partial charge in [0.2, 0.25) is 0 Å². The molecular formula is C20H27N3OS. The first-order chi connectivity index (χ1) is 12.0. The first-order valence-electron chi connectivity index (χ1n) is 8.94. The Morgan fingerprint density at radius 3 is 2.40 bits per heavy atom. The van der Waals surface area contributed by atoms with Crippen LogP contribution in [-0.4, -0.2) is 43.5 Å². The summed E-state index contributed by atoms with van der Waals surface area (Å²) in [5.74, 6) is -0.0226.